The van der Waals surface area contributed by atoms with Crippen LogP contribution >= 0.6 is 11.5 Å². The monoisotopic (exact) mass is 281 g/mol. The Labute approximate surface area is 117 Å². The topological polar surface area (TPSA) is 64.9 Å². The van der Waals surface area contributed by atoms with E-state index in [0.717, 1.165) is 40.9 Å². The minimum atomic E-state index is 0.651. The first kappa shape index (κ1) is 13.8. The van der Waals surface area contributed by atoms with E-state index in [0.29, 0.717) is 6.54 Å². The van der Waals surface area contributed by atoms with E-state index in [1.807, 2.05) is 14.0 Å². The van der Waals surface area contributed by atoms with E-state index in [1.54, 1.807) is 11.8 Å². The first-order valence-corrected chi connectivity index (χ1v) is 7.12. The lowest BCUT2D eigenvalue weighted by Gasteiger charge is -2.05. The van der Waals surface area contributed by atoms with Crippen molar-refractivity contribution in [2.24, 2.45) is 7.05 Å². The van der Waals surface area contributed by atoms with E-state index in [2.05, 4.69) is 26.7 Å². The fraction of sp³-hybridized carbons (Fsp3) is 0.583. The molecule has 7 heteroatoms. The lowest BCUT2D eigenvalue weighted by molar-refractivity contribution is 0.370. The highest BCUT2D eigenvalue weighted by Crippen LogP contribution is 2.23. The molecule has 0 radical (unpaired) electrons. The number of ether oxygens (including phenoxy) is 1. The number of nitrogens with zero attached hydrogens (tertiary/aromatic N) is 4. The third-order valence-corrected chi connectivity index (χ3v) is 3.61. The predicted octanol–water partition coefficient (Wildman–Crippen LogP) is 2.02. The van der Waals surface area contributed by atoms with Crippen LogP contribution in [-0.4, -0.2) is 26.2 Å². The second-order valence-corrected chi connectivity index (χ2v) is 4.89. The second-order valence-electron chi connectivity index (χ2n) is 4.13. The molecule has 0 aliphatic heterocycles. The van der Waals surface area contributed by atoms with Crippen molar-refractivity contribution in [2.45, 2.75) is 33.2 Å². The predicted molar refractivity (Wildman–Crippen MR) is 75.8 cm³/mol. The van der Waals surface area contributed by atoms with Crippen LogP contribution in [0.1, 0.15) is 30.9 Å². The molecule has 1 N–H and O–H groups in total. The molecule has 0 bridgehead atoms. The highest BCUT2D eigenvalue weighted by molar-refractivity contribution is 7.09. The average molecular weight is 281 g/mol. The summed E-state index contributed by atoms with van der Waals surface area (Å²) in [5.74, 6) is 1.67. The van der Waals surface area contributed by atoms with Gasteiger partial charge in [0.05, 0.1) is 18.4 Å². The van der Waals surface area contributed by atoms with E-state index in [4.69, 9.17) is 4.74 Å². The Balaban J connectivity index is 2.14. The van der Waals surface area contributed by atoms with E-state index in [1.165, 1.54) is 11.5 Å². The van der Waals surface area contributed by atoms with Gasteiger partial charge in [0.15, 0.2) is 0 Å². The number of aryl methyl sites for hydroxylation is 3. The number of nitrogens with one attached hydrogen (secondary N) is 1. The quantitative estimate of drug-likeness (QED) is 0.877. The molecule has 6 nitrogen and oxygen atoms in total. The largest absolute Gasteiger partial charge is 0.481 e. The number of anilines is 1. The van der Waals surface area contributed by atoms with Gasteiger partial charge in [-0.15, -0.1) is 0 Å². The Morgan fingerprint density at radius 2 is 2.11 bits per heavy atom. The summed E-state index contributed by atoms with van der Waals surface area (Å²) >= 11 is 1.39. The molecule has 0 fully saturated rings. The van der Waals surface area contributed by atoms with Gasteiger partial charge < -0.3 is 10.1 Å². The van der Waals surface area contributed by atoms with Crippen molar-refractivity contribution in [2.75, 3.05) is 12.4 Å². The van der Waals surface area contributed by atoms with Gasteiger partial charge in [-0.25, -0.2) is 9.67 Å². The van der Waals surface area contributed by atoms with E-state index in [9.17, 15) is 0 Å². The van der Waals surface area contributed by atoms with Crippen molar-refractivity contribution < 1.29 is 4.74 Å². The SMILES string of the molecule is CCc1nsc(NCc2c(CC)nn(C)c2OC)n1. The average Bonchev–Trinajstić information content (AvgIpc) is 2.99. The number of methoxy groups -OCH3 is 1. The number of aromatic nitrogens is 4. The van der Waals surface area contributed by atoms with Crippen LogP contribution in [0.3, 0.4) is 0 Å². The van der Waals surface area contributed by atoms with Crippen LogP contribution in [0.2, 0.25) is 0 Å². The summed E-state index contributed by atoms with van der Waals surface area (Å²) in [6.45, 7) is 4.79. The summed E-state index contributed by atoms with van der Waals surface area (Å²) in [6, 6.07) is 0. The minimum absolute atomic E-state index is 0.651. The fourth-order valence-corrected chi connectivity index (χ4v) is 2.60. The number of rotatable bonds is 6. The summed E-state index contributed by atoms with van der Waals surface area (Å²) in [5, 5.41) is 8.58. The first-order valence-electron chi connectivity index (χ1n) is 6.34. The Morgan fingerprint density at radius 1 is 1.32 bits per heavy atom. The van der Waals surface area contributed by atoms with Gasteiger partial charge in [-0.05, 0) is 6.42 Å². The Kier molecular flexibility index (Phi) is 4.36. The zero-order chi connectivity index (χ0) is 13.8. The molecular weight excluding hydrogens is 262 g/mol. The number of hydrogen-bond donors (Lipinski definition) is 1. The molecule has 0 aromatic carbocycles. The molecule has 2 aromatic rings. The highest BCUT2D eigenvalue weighted by Gasteiger charge is 2.15. The molecule has 0 aliphatic rings. The molecule has 104 valence electrons. The summed E-state index contributed by atoms with van der Waals surface area (Å²) in [4.78, 5) is 4.39. The molecule has 2 rings (SSSR count). The lowest BCUT2D eigenvalue weighted by Crippen LogP contribution is -2.03. The Morgan fingerprint density at radius 3 is 2.68 bits per heavy atom. The lowest BCUT2D eigenvalue weighted by atomic mass is 10.2. The van der Waals surface area contributed by atoms with E-state index in [-0.39, 0.29) is 0 Å². The van der Waals surface area contributed by atoms with Crippen LogP contribution in [0.4, 0.5) is 5.13 Å². The fourth-order valence-electron chi connectivity index (χ4n) is 1.96. The van der Waals surface area contributed by atoms with Crippen LogP contribution in [-0.2, 0) is 26.4 Å². The Bertz CT molecular complexity index is 548. The summed E-state index contributed by atoms with van der Waals surface area (Å²) < 4.78 is 11.4. The van der Waals surface area contributed by atoms with Gasteiger partial charge in [0, 0.05) is 31.5 Å². The molecule has 2 aromatic heterocycles. The van der Waals surface area contributed by atoms with Crippen molar-refractivity contribution >= 4 is 16.7 Å². The zero-order valence-electron chi connectivity index (χ0n) is 11.7. The van der Waals surface area contributed by atoms with Crippen molar-refractivity contribution in [1.29, 1.82) is 0 Å². The molecule has 0 unspecified atom stereocenters. The minimum Gasteiger partial charge on any atom is -0.481 e. The molecule has 2 heterocycles. The van der Waals surface area contributed by atoms with E-state index < -0.39 is 0 Å². The maximum atomic E-state index is 5.40. The molecule has 0 saturated carbocycles. The van der Waals surface area contributed by atoms with Gasteiger partial charge in [0.2, 0.25) is 11.0 Å². The van der Waals surface area contributed by atoms with Gasteiger partial charge in [0.1, 0.15) is 5.82 Å². The summed E-state index contributed by atoms with van der Waals surface area (Å²) in [6.07, 6.45) is 1.74. The molecule has 0 aliphatic carbocycles. The molecular formula is C12H19N5OS. The van der Waals surface area contributed by atoms with Crippen LogP contribution in [0.25, 0.3) is 0 Å². The van der Waals surface area contributed by atoms with Crippen LogP contribution < -0.4 is 10.1 Å². The third kappa shape index (κ3) is 2.86. The molecule has 19 heavy (non-hydrogen) atoms. The van der Waals surface area contributed by atoms with Crippen LogP contribution in [0.15, 0.2) is 0 Å². The van der Waals surface area contributed by atoms with Gasteiger partial charge in [-0.3, -0.25) is 0 Å². The van der Waals surface area contributed by atoms with Gasteiger partial charge in [-0.2, -0.15) is 9.47 Å². The smallest absolute Gasteiger partial charge is 0.216 e. The molecule has 0 saturated heterocycles. The van der Waals surface area contributed by atoms with Crippen molar-refractivity contribution in [3.8, 4) is 5.88 Å². The molecule has 0 atom stereocenters. The maximum Gasteiger partial charge on any atom is 0.216 e. The van der Waals surface area contributed by atoms with Crippen molar-refractivity contribution in [3.63, 3.8) is 0 Å². The maximum absolute atomic E-state index is 5.40. The third-order valence-electron chi connectivity index (χ3n) is 2.90. The normalized spacial score (nSPS) is 10.7. The second kappa shape index (κ2) is 6.01. The highest BCUT2D eigenvalue weighted by atomic mass is 32.1. The summed E-state index contributed by atoms with van der Waals surface area (Å²) in [5.41, 5.74) is 2.13. The summed E-state index contributed by atoms with van der Waals surface area (Å²) in [7, 11) is 3.56. The van der Waals surface area contributed by atoms with E-state index >= 15 is 0 Å². The standard InChI is InChI=1S/C12H19N5OS/c1-5-9-8(11(18-4)17(3)15-9)7-13-12-14-10(6-2)16-19-12/h5-7H2,1-4H3,(H,13,14,16). The molecule has 0 amide bonds. The van der Waals surface area contributed by atoms with Crippen LogP contribution in [0, 0.1) is 0 Å². The van der Waals surface area contributed by atoms with Gasteiger partial charge >= 0.3 is 0 Å². The number of hydrogen-bond acceptors (Lipinski definition) is 6. The Hall–Kier alpha value is -1.63. The van der Waals surface area contributed by atoms with Gasteiger partial charge in [-0.1, -0.05) is 13.8 Å². The van der Waals surface area contributed by atoms with Gasteiger partial charge in [0.25, 0.3) is 0 Å². The van der Waals surface area contributed by atoms with Crippen molar-refractivity contribution in [3.05, 3.63) is 17.1 Å². The zero-order valence-corrected chi connectivity index (χ0v) is 12.5. The first-order chi connectivity index (χ1) is 9.19. The van der Waals surface area contributed by atoms with Crippen LogP contribution in [0.5, 0.6) is 5.88 Å². The molecule has 0 spiro atoms. The van der Waals surface area contributed by atoms with Crippen molar-refractivity contribution in [1.82, 2.24) is 19.1 Å².